The first kappa shape index (κ1) is 15.3. The molecule has 0 spiro atoms. The van der Waals surface area contributed by atoms with E-state index in [1.807, 2.05) is 38.2 Å². The second kappa shape index (κ2) is 6.67. The number of hydrogen-bond acceptors (Lipinski definition) is 3. The second-order valence-corrected chi connectivity index (χ2v) is 6.17. The maximum atomic E-state index is 8.81. The summed E-state index contributed by atoms with van der Waals surface area (Å²) in [7, 11) is 0. The van der Waals surface area contributed by atoms with Crippen LogP contribution in [-0.2, 0) is 0 Å². The van der Waals surface area contributed by atoms with Gasteiger partial charge in [0, 0.05) is 39.4 Å². The van der Waals surface area contributed by atoms with Crippen molar-refractivity contribution in [2.75, 3.05) is 0 Å². The van der Waals surface area contributed by atoms with Gasteiger partial charge in [-0.15, -0.1) is 0 Å². The molecule has 0 bridgehead atoms. The van der Waals surface area contributed by atoms with Gasteiger partial charge in [-0.25, -0.2) is 0 Å². The van der Waals surface area contributed by atoms with Crippen molar-refractivity contribution in [3.8, 4) is 17.0 Å². The van der Waals surface area contributed by atoms with Crippen LogP contribution in [0.4, 0.5) is 0 Å². The standard InChI is InChI=1S/C12H10N2S.C7H8O/c1-8-10-6-12(9-3-5-15-7-9)14-11(10)2-4-13-8;1-6-3-2-4-7(8)5-6/h2-7,14H,1H3;2-5,8H,1H3. The molecule has 3 heterocycles. The molecule has 1 aromatic carbocycles. The molecule has 23 heavy (non-hydrogen) atoms. The zero-order chi connectivity index (χ0) is 16.2. The lowest BCUT2D eigenvalue weighted by molar-refractivity contribution is 0.475. The van der Waals surface area contributed by atoms with Crippen LogP contribution in [-0.4, -0.2) is 15.1 Å². The van der Waals surface area contributed by atoms with E-state index in [2.05, 4.69) is 32.9 Å². The van der Waals surface area contributed by atoms with E-state index in [1.54, 1.807) is 23.5 Å². The topological polar surface area (TPSA) is 48.9 Å². The first-order valence-corrected chi connectivity index (χ1v) is 8.30. The molecule has 4 heteroatoms. The minimum atomic E-state index is 0.338. The van der Waals surface area contributed by atoms with Crippen molar-refractivity contribution < 1.29 is 5.11 Å². The first-order valence-electron chi connectivity index (χ1n) is 7.36. The number of hydrogen-bond donors (Lipinski definition) is 2. The van der Waals surface area contributed by atoms with Crippen LogP contribution in [0.5, 0.6) is 5.75 Å². The van der Waals surface area contributed by atoms with Crippen LogP contribution in [0.1, 0.15) is 11.3 Å². The fourth-order valence-corrected chi connectivity index (χ4v) is 3.05. The number of phenols is 1. The van der Waals surface area contributed by atoms with Crippen molar-refractivity contribution >= 4 is 22.2 Å². The Balaban J connectivity index is 0.000000166. The van der Waals surface area contributed by atoms with Crippen LogP contribution in [0.15, 0.2) is 59.4 Å². The smallest absolute Gasteiger partial charge is 0.115 e. The number of thiophene rings is 1. The lowest BCUT2D eigenvalue weighted by Crippen LogP contribution is -1.78. The van der Waals surface area contributed by atoms with Crippen LogP contribution in [0.3, 0.4) is 0 Å². The lowest BCUT2D eigenvalue weighted by Gasteiger charge is -1.91. The van der Waals surface area contributed by atoms with Crippen molar-refractivity contribution in [3.63, 3.8) is 0 Å². The minimum absolute atomic E-state index is 0.338. The first-order chi connectivity index (χ1) is 11.1. The second-order valence-electron chi connectivity index (χ2n) is 5.39. The van der Waals surface area contributed by atoms with Crippen LogP contribution in [0.25, 0.3) is 22.2 Å². The third-order valence-corrected chi connectivity index (χ3v) is 4.26. The van der Waals surface area contributed by atoms with Gasteiger partial charge in [0.25, 0.3) is 0 Å². The fourth-order valence-electron chi connectivity index (χ4n) is 2.40. The molecule has 0 aliphatic heterocycles. The van der Waals surface area contributed by atoms with Gasteiger partial charge in [0.2, 0.25) is 0 Å². The van der Waals surface area contributed by atoms with Crippen molar-refractivity contribution in [2.45, 2.75) is 13.8 Å². The Labute approximate surface area is 139 Å². The average molecular weight is 322 g/mol. The van der Waals surface area contributed by atoms with Crippen molar-refractivity contribution in [1.82, 2.24) is 9.97 Å². The van der Waals surface area contributed by atoms with Crippen LogP contribution >= 0.6 is 11.3 Å². The Kier molecular flexibility index (Phi) is 4.44. The van der Waals surface area contributed by atoms with E-state index in [-0.39, 0.29) is 0 Å². The summed E-state index contributed by atoms with van der Waals surface area (Å²) in [5.74, 6) is 0.338. The zero-order valence-corrected chi connectivity index (χ0v) is 13.9. The van der Waals surface area contributed by atoms with E-state index >= 15 is 0 Å². The summed E-state index contributed by atoms with van der Waals surface area (Å²) in [6, 6.07) is 13.5. The molecule has 0 aliphatic rings. The number of nitrogens with zero attached hydrogens (tertiary/aromatic N) is 1. The Bertz CT molecular complexity index is 893. The van der Waals surface area contributed by atoms with Gasteiger partial charge in [-0.2, -0.15) is 11.3 Å². The number of nitrogens with one attached hydrogen (secondary N) is 1. The maximum absolute atomic E-state index is 8.81. The van der Waals surface area contributed by atoms with Crippen LogP contribution < -0.4 is 0 Å². The third kappa shape index (κ3) is 3.60. The number of aryl methyl sites for hydroxylation is 2. The number of fused-ring (bicyclic) bond motifs is 1. The summed E-state index contributed by atoms with van der Waals surface area (Å²) in [5, 5.41) is 14.3. The quantitative estimate of drug-likeness (QED) is 0.499. The molecule has 0 saturated heterocycles. The van der Waals surface area contributed by atoms with Gasteiger partial charge in [-0.3, -0.25) is 4.98 Å². The minimum Gasteiger partial charge on any atom is -0.508 e. The monoisotopic (exact) mass is 322 g/mol. The van der Waals surface area contributed by atoms with E-state index in [1.165, 1.54) is 16.6 Å². The van der Waals surface area contributed by atoms with Gasteiger partial charge in [0.15, 0.2) is 0 Å². The Morgan fingerprint density at radius 1 is 1.09 bits per heavy atom. The molecule has 2 N–H and O–H groups in total. The summed E-state index contributed by atoms with van der Waals surface area (Å²) in [6.45, 7) is 3.98. The van der Waals surface area contributed by atoms with E-state index < -0.39 is 0 Å². The summed E-state index contributed by atoms with van der Waals surface area (Å²) in [4.78, 5) is 7.69. The normalized spacial score (nSPS) is 10.3. The lowest BCUT2D eigenvalue weighted by atomic mass is 10.2. The van der Waals surface area contributed by atoms with Gasteiger partial charge in [0.05, 0.1) is 0 Å². The number of aromatic nitrogens is 2. The molecule has 0 saturated carbocycles. The molecule has 0 fully saturated rings. The number of rotatable bonds is 1. The van der Waals surface area contributed by atoms with Gasteiger partial charge in [-0.1, -0.05) is 12.1 Å². The molecule has 3 aromatic heterocycles. The third-order valence-electron chi connectivity index (χ3n) is 3.58. The molecule has 116 valence electrons. The highest BCUT2D eigenvalue weighted by atomic mass is 32.1. The largest absolute Gasteiger partial charge is 0.508 e. The molecule has 0 atom stereocenters. The van der Waals surface area contributed by atoms with Crippen molar-refractivity contribution in [2.24, 2.45) is 0 Å². The highest BCUT2D eigenvalue weighted by molar-refractivity contribution is 7.08. The molecular weight excluding hydrogens is 304 g/mol. The molecule has 3 nitrogen and oxygen atoms in total. The Morgan fingerprint density at radius 3 is 2.57 bits per heavy atom. The number of phenolic OH excluding ortho intramolecular Hbond substituents is 1. The van der Waals surface area contributed by atoms with Gasteiger partial charge in [-0.05, 0) is 55.1 Å². The Hall–Kier alpha value is -2.59. The van der Waals surface area contributed by atoms with Crippen molar-refractivity contribution in [1.29, 1.82) is 0 Å². The highest BCUT2D eigenvalue weighted by Gasteiger charge is 2.05. The molecule has 0 unspecified atom stereocenters. The van der Waals surface area contributed by atoms with Gasteiger partial charge < -0.3 is 10.1 Å². The predicted molar refractivity (Wildman–Crippen MR) is 97.0 cm³/mol. The molecule has 4 aromatic rings. The maximum Gasteiger partial charge on any atom is 0.115 e. The molecule has 0 radical (unpaired) electrons. The van der Waals surface area contributed by atoms with E-state index in [0.29, 0.717) is 5.75 Å². The summed E-state index contributed by atoms with van der Waals surface area (Å²) in [6.07, 6.45) is 1.84. The molecule has 4 rings (SSSR count). The molecular formula is C19H18N2OS. The number of aromatic hydroxyl groups is 1. The van der Waals surface area contributed by atoms with Gasteiger partial charge in [0.1, 0.15) is 5.75 Å². The van der Waals surface area contributed by atoms with Crippen LogP contribution in [0, 0.1) is 13.8 Å². The van der Waals surface area contributed by atoms with Crippen molar-refractivity contribution in [3.05, 3.63) is 70.7 Å². The fraction of sp³-hybridized carbons (Fsp3) is 0.105. The number of H-pyrrole nitrogens is 1. The summed E-state index contributed by atoms with van der Waals surface area (Å²) in [5.41, 5.74) is 5.73. The SMILES string of the molecule is Cc1cccc(O)c1.Cc1nccc2[nH]c(-c3ccsc3)cc12. The number of benzene rings is 1. The number of pyridine rings is 1. The zero-order valence-electron chi connectivity index (χ0n) is 13.1. The van der Waals surface area contributed by atoms with E-state index in [0.717, 1.165) is 16.8 Å². The molecule has 0 aliphatic carbocycles. The Morgan fingerprint density at radius 2 is 1.96 bits per heavy atom. The predicted octanol–water partition coefficient (Wildman–Crippen LogP) is 5.30. The van der Waals surface area contributed by atoms with E-state index in [4.69, 9.17) is 5.11 Å². The van der Waals surface area contributed by atoms with Gasteiger partial charge >= 0.3 is 0 Å². The molecule has 0 amide bonds. The highest BCUT2D eigenvalue weighted by Crippen LogP contribution is 2.26. The average Bonchev–Trinajstić information content (AvgIpc) is 3.17. The number of aromatic amines is 1. The van der Waals surface area contributed by atoms with E-state index in [9.17, 15) is 0 Å². The summed E-state index contributed by atoms with van der Waals surface area (Å²) >= 11 is 1.71. The summed E-state index contributed by atoms with van der Waals surface area (Å²) < 4.78 is 0. The van der Waals surface area contributed by atoms with Crippen LogP contribution in [0.2, 0.25) is 0 Å².